The normalized spacial score (nSPS) is 16.1. The molecule has 3 rings (SSSR count). The summed E-state index contributed by atoms with van der Waals surface area (Å²) in [5, 5.41) is 10.6. The summed E-state index contributed by atoms with van der Waals surface area (Å²) in [5.74, 6) is -0.960. The van der Waals surface area contributed by atoms with Crippen molar-refractivity contribution in [1.29, 1.82) is 0 Å². The molecule has 0 bridgehead atoms. The number of carbonyl (C=O) groups is 1. The quantitative estimate of drug-likeness (QED) is 0.870. The van der Waals surface area contributed by atoms with E-state index in [4.69, 9.17) is 0 Å². The van der Waals surface area contributed by atoms with Crippen molar-refractivity contribution in [3.05, 3.63) is 47.3 Å². The number of aromatic carboxylic acids is 1. The fourth-order valence-corrected chi connectivity index (χ4v) is 3.18. The molecule has 0 amide bonds. The van der Waals surface area contributed by atoms with Crippen molar-refractivity contribution < 1.29 is 14.3 Å². The van der Waals surface area contributed by atoms with Gasteiger partial charge in [-0.25, -0.2) is 9.18 Å². The van der Waals surface area contributed by atoms with Crippen LogP contribution in [-0.2, 0) is 0 Å². The van der Waals surface area contributed by atoms with Crippen molar-refractivity contribution in [3.63, 3.8) is 0 Å². The smallest absolute Gasteiger partial charge is 0.335 e. The first-order valence-corrected chi connectivity index (χ1v) is 6.63. The van der Waals surface area contributed by atoms with E-state index in [-0.39, 0.29) is 11.7 Å². The third-order valence-corrected chi connectivity index (χ3v) is 4.04. The molecule has 0 saturated heterocycles. The van der Waals surface area contributed by atoms with Gasteiger partial charge in [0.1, 0.15) is 5.82 Å². The van der Waals surface area contributed by atoms with Gasteiger partial charge in [0.25, 0.3) is 0 Å². The first kappa shape index (κ1) is 12.2. The van der Waals surface area contributed by atoms with Gasteiger partial charge < -0.3 is 5.11 Å². The molecular formula is C16H15FO2. The minimum absolute atomic E-state index is 0.247. The number of fused-ring (bicyclic) bond motifs is 1. The van der Waals surface area contributed by atoms with Crippen LogP contribution in [0.4, 0.5) is 4.39 Å². The molecule has 1 aliphatic carbocycles. The molecule has 0 radical (unpaired) electrons. The van der Waals surface area contributed by atoms with Crippen LogP contribution in [0.1, 0.15) is 47.5 Å². The molecular weight excluding hydrogens is 243 g/mol. The van der Waals surface area contributed by atoms with E-state index in [9.17, 15) is 14.3 Å². The van der Waals surface area contributed by atoms with Gasteiger partial charge in [-0.1, -0.05) is 31.0 Å². The highest BCUT2D eigenvalue weighted by Gasteiger charge is 2.25. The predicted molar refractivity (Wildman–Crippen MR) is 72.1 cm³/mol. The third kappa shape index (κ3) is 1.99. The second kappa shape index (κ2) is 4.65. The Bertz CT molecular complexity index is 642. The molecule has 1 N–H and O–H groups in total. The summed E-state index contributed by atoms with van der Waals surface area (Å²) >= 11 is 0. The van der Waals surface area contributed by atoms with Gasteiger partial charge in [0, 0.05) is 5.39 Å². The molecule has 1 saturated carbocycles. The van der Waals surface area contributed by atoms with Gasteiger partial charge in [-0.2, -0.15) is 0 Å². The second-order valence-corrected chi connectivity index (χ2v) is 5.15. The van der Waals surface area contributed by atoms with E-state index in [0.29, 0.717) is 10.9 Å². The van der Waals surface area contributed by atoms with Crippen LogP contribution in [-0.4, -0.2) is 11.1 Å². The van der Waals surface area contributed by atoms with E-state index in [1.54, 1.807) is 18.2 Å². The predicted octanol–water partition coefficient (Wildman–Crippen LogP) is 4.33. The van der Waals surface area contributed by atoms with Crippen molar-refractivity contribution in [2.75, 3.05) is 0 Å². The van der Waals surface area contributed by atoms with Crippen LogP contribution < -0.4 is 0 Å². The Hall–Kier alpha value is -1.90. The Morgan fingerprint density at radius 3 is 2.53 bits per heavy atom. The van der Waals surface area contributed by atoms with Gasteiger partial charge in [-0.3, -0.25) is 0 Å². The third-order valence-electron chi connectivity index (χ3n) is 4.04. The van der Waals surface area contributed by atoms with E-state index < -0.39 is 5.97 Å². The summed E-state index contributed by atoms with van der Waals surface area (Å²) in [7, 11) is 0. The maximum absolute atomic E-state index is 13.8. The lowest BCUT2D eigenvalue weighted by molar-refractivity contribution is 0.0695. The molecule has 2 nitrogen and oxygen atoms in total. The number of carboxylic acid groups (broad SMARTS) is 1. The Balaban J connectivity index is 2.31. The average Bonchev–Trinajstić information content (AvgIpc) is 2.91. The molecule has 3 heteroatoms. The lowest BCUT2D eigenvalue weighted by Crippen LogP contribution is -2.06. The zero-order chi connectivity index (χ0) is 13.4. The first-order valence-electron chi connectivity index (χ1n) is 6.63. The van der Waals surface area contributed by atoms with E-state index in [0.717, 1.165) is 36.6 Å². The van der Waals surface area contributed by atoms with E-state index in [1.807, 2.05) is 6.07 Å². The highest BCUT2D eigenvalue weighted by molar-refractivity contribution is 5.98. The van der Waals surface area contributed by atoms with Crippen molar-refractivity contribution in [3.8, 4) is 0 Å². The van der Waals surface area contributed by atoms with E-state index in [2.05, 4.69) is 0 Å². The SMILES string of the molecule is O=C(O)c1ccc2c(F)cccc2c1C1CCCC1. The molecule has 0 aromatic heterocycles. The van der Waals surface area contributed by atoms with Gasteiger partial charge in [-0.15, -0.1) is 0 Å². The van der Waals surface area contributed by atoms with E-state index in [1.165, 1.54) is 6.07 Å². The Morgan fingerprint density at radius 2 is 1.84 bits per heavy atom. The largest absolute Gasteiger partial charge is 0.478 e. The molecule has 0 heterocycles. The van der Waals surface area contributed by atoms with Crippen LogP contribution in [0.25, 0.3) is 10.8 Å². The summed E-state index contributed by atoms with van der Waals surface area (Å²) < 4.78 is 13.8. The zero-order valence-electron chi connectivity index (χ0n) is 10.5. The van der Waals surface area contributed by atoms with Crippen molar-refractivity contribution in [2.45, 2.75) is 31.6 Å². The zero-order valence-corrected chi connectivity index (χ0v) is 10.5. The average molecular weight is 258 g/mol. The number of carboxylic acids is 1. The summed E-state index contributed by atoms with van der Waals surface area (Å²) in [4.78, 5) is 11.4. The van der Waals surface area contributed by atoms with Gasteiger partial charge in [0.2, 0.25) is 0 Å². The summed E-state index contributed by atoms with van der Waals surface area (Å²) in [6.07, 6.45) is 4.23. The van der Waals surface area contributed by atoms with Crippen LogP contribution >= 0.6 is 0 Å². The maximum atomic E-state index is 13.8. The lowest BCUT2D eigenvalue weighted by Gasteiger charge is -2.16. The molecule has 0 unspecified atom stereocenters. The van der Waals surface area contributed by atoms with Gasteiger partial charge in [0.15, 0.2) is 0 Å². The maximum Gasteiger partial charge on any atom is 0.335 e. The number of hydrogen-bond donors (Lipinski definition) is 1. The van der Waals surface area contributed by atoms with Crippen molar-refractivity contribution in [1.82, 2.24) is 0 Å². The molecule has 2 aromatic rings. The van der Waals surface area contributed by atoms with Crippen LogP contribution in [0, 0.1) is 5.82 Å². The fraction of sp³-hybridized carbons (Fsp3) is 0.312. The monoisotopic (exact) mass is 258 g/mol. The molecule has 0 aliphatic heterocycles. The highest BCUT2D eigenvalue weighted by atomic mass is 19.1. The summed E-state index contributed by atoms with van der Waals surface area (Å²) in [6, 6.07) is 8.02. The van der Waals surface area contributed by atoms with E-state index >= 15 is 0 Å². The Morgan fingerprint density at radius 1 is 1.11 bits per heavy atom. The molecule has 1 aliphatic rings. The lowest BCUT2D eigenvalue weighted by atomic mass is 9.88. The Kier molecular flexibility index (Phi) is 2.97. The minimum atomic E-state index is -0.923. The molecule has 0 atom stereocenters. The van der Waals surface area contributed by atoms with Crippen LogP contribution in [0.2, 0.25) is 0 Å². The van der Waals surface area contributed by atoms with Crippen molar-refractivity contribution >= 4 is 16.7 Å². The number of benzene rings is 2. The number of halogens is 1. The molecule has 1 fully saturated rings. The number of hydrogen-bond acceptors (Lipinski definition) is 1. The van der Waals surface area contributed by atoms with Crippen molar-refractivity contribution in [2.24, 2.45) is 0 Å². The standard InChI is InChI=1S/C16H15FO2/c17-14-7-3-6-12-11(14)8-9-13(16(18)19)15(12)10-4-1-2-5-10/h3,6-10H,1-2,4-5H2,(H,18,19). The molecule has 98 valence electrons. The Labute approximate surface area is 110 Å². The van der Waals surface area contributed by atoms with Gasteiger partial charge >= 0.3 is 5.97 Å². The van der Waals surface area contributed by atoms with Gasteiger partial charge in [0.05, 0.1) is 5.56 Å². The molecule has 2 aromatic carbocycles. The van der Waals surface area contributed by atoms with Crippen LogP contribution in [0.15, 0.2) is 30.3 Å². The minimum Gasteiger partial charge on any atom is -0.478 e. The summed E-state index contributed by atoms with van der Waals surface area (Å²) in [6.45, 7) is 0. The first-order chi connectivity index (χ1) is 9.18. The number of rotatable bonds is 2. The fourth-order valence-electron chi connectivity index (χ4n) is 3.18. The highest BCUT2D eigenvalue weighted by Crippen LogP contribution is 2.40. The van der Waals surface area contributed by atoms with Gasteiger partial charge in [-0.05, 0) is 41.8 Å². The summed E-state index contributed by atoms with van der Waals surface area (Å²) in [5.41, 5.74) is 1.15. The second-order valence-electron chi connectivity index (χ2n) is 5.15. The molecule has 19 heavy (non-hydrogen) atoms. The topological polar surface area (TPSA) is 37.3 Å². The van der Waals surface area contributed by atoms with Crippen LogP contribution in [0.5, 0.6) is 0 Å². The molecule has 0 spiro atoms. The van der Waals surface area contributed by atoms with Crippen LogP contribution in [0.3, 0.4) is 0 Å².